The van der Waals surface area contributed by atoms with Gasteiger partial charge in [-0.25, -0.2) is 0 Å². The van der Waals surface area contributed by atoms with Crippen molar-refractivity contribution in [2.75, 3.05) is 20.1 Å². The smallest absolute Gasteiger partial charge is 0.221 e. The number of hydrogen-bond donors (Lipinski definition) is 2. The maximum atomic E-state index is 11.3. The first kappa shape index (κ1) is 11.7. The Kier molecular flexibility index (Phi) is 5.47. The van der Waals surface area contributed by atoms with Gasteiger partial charge in [-0.2, -0.15) is 5.10 Å². The Morgan fingerprint density at radius 1 is 1.47 bits per heavy atom. The van der Waals surface area contributed by atoms with E-state index in [1.807, 2.05) is 19.3 Å². The van der Waals surface area contributed by atoms with Crippen LogP contribution in [-0.4, -0.2) is 35.8 Å². The minimum Gasteiger partial charge on any atom is -0.356 e. The van der Waals surface area contributed by atoms with Crippen LogP contribution < -0.4 is 10.6 Å². The lowest BCUT2D eigenvalue weighted by Gasteiger charge is -2.04. The summed E-state index contributed by atoms with van der Waals surface area (Å²) in [4.78, 5) is 11.3. The van der Waals surface area contributed by atoms with E-state index in [0.29, 0.717) is 13.0 Å². The molecule has 0 radical (unpaired) electrons. The lowest BCUT2D eigenvalue weighted by atomic mass is 10.3. The molecule has 5 nitrogen and oxygen atoms in total. The highest BCUT2D eigenvalue weighted by Gasteiger charge is 2.00. The molecule has 1 aromatic heterocycles. The van der Waals surface area contributed by atoms with Gasteiger partial charge in [-0.05, 0) is 26.1 Å². The maximum absolute atomic E-state index is 11.3. The predicted octanol–water partition coefficient (Wildman–Crippen LogP) is -0.00110. The minimum absolute atomic E-state index is 0.0848. The second kappa shape index (κ2) is 7.00. The minimum atomic E-state index is 0.0848. The number of hydrogen-bond acceptors (Lipinski definition) is 3. The monoisotopic (exact) mass is 210 g/mol. The maximum Gasteiger partial charge on any atom is 0.221 e. The number of carbonyl (C=O) groups excluding carboxylic acids is 1. The molecule has 0 aromatic carbocycles. The van der Waals surface area contributed by atoms with Crippen molar-refractivity contribution < 1.29 is 4.79 Å². The molecular formula is C10H18N4O. The van der Waals surface area contributed by atoms with Gasteiger partial charge in [0.2, 0.25) is 5.91 Å². The van der Waals surface area contributed by atoms with Gasteiger partial charge in [-0.15, -0.1) is 0 Å². The largest absolute Gasteiger partial charge is 0.356 e. The van der Waals surface area contributed by atoms with Gasteiger partial charge in [0, 0.05) is 31.9 Å². The molecule has 0 aliphatic carbocycles. The van der Waals surface area contributed by atoms with Crippen molar-refractivity contribution in [3.05, 3.63) is 18.5 Å². The van der Waals surface area contributed by atoms with E-state index >= 15 is 0 Å². The molecule has 0 aliphatic rings. The lowest BCUT2D eigenvalue weighted by Crippen LogP contribution is -2.27. The molecule has 0 saturated heterocycles. The van der Waals surface area contributed by atoms with Gasteiger partial charge in [-0.1, -0.05) is 0 Å². The van der Waals surface area contributed by atoms with E-state index in [9.17, 15) is 4.79 Å². The first-order chi connectivity index (χ1) is 7.33. The molecule has 0 spiro atoms. The van der Waals surface area contributed by atoms with Crippen LogP contribution in [0.4, 0.5) is 0 Å². The van der Waals surface area contributed by atoms with Crippen LogP contribution in [0.25, 0.3) is 0 Å². The fraction of sp³-hybridized carbons (Fsp3) is 0.600. The number of nitrogens with zero attached hydrogens (tertiary/aromatic N) is 2. The summed E-state index contributed by atoms with van der Waals surface area (Å²) in [5, 5.41) is 9.91. The van der Waals surface area contributed by atoms with Gasteiger partial charge in [0.15, 0.2) is 0 Å². The summed E-state index contributed by atoms with van der Waals surface area (Å²) < 4.78 is 1.76. The Bertz CT molecular complexity index is 271. The second-order valence-electron chi connectivity index (χ2n) is 3.33. The Labute approximate surface area is 89.9 Å². The first-order valence-corrected chi connectivity index (χ1v) is 5.21. The van der Waals surface area contributed by atoms with Gasteiger partial charge < -0.3 is 10.6 Å². The molecule has 5 heteroatoms. The average Bonchev–Trinajstić information content (AvgIpc) is 2.74. The lowest BCUT2D eigenvalue weighted by molar-refractivity contribution is -0.121. The van der Waals surface area contributed by atoms with Crippen molar-refractivity contribution in [3.63, 3.8) is 0 Å². The summed E-state index contributed by atoms with van der Waals surface area (Å²) in [5.41, 5.74) is 0. The van der Waals surface area contributed by atoms with Crippen molar-refractivity contribution in [3.8, 4) is 0 Å². The molecule has 0 atom stereocenters. The molecule has 2 N–H and O–H groups in total. The zero-order valence-electron chi connectivity index (χ0n) is 9.07. The average molecular weight is 210 g/mol. The molecule has 0 aliphatic heterocycles. The van der Waals surface area contributed by atoms with Gasteiger partial charge in [0.1, 0.15) is 0 Å². The Morgan fingerprint density at radius 2 is 2.33 bits per heavy atom. The summed E-state index contributed by atoms with van der Waals surface area (Å²) in [7, 11) is 1.90. The first-order valence-electron chi connectivity index (χ1n) is 5.21. The number of carbonyl (C=O) groups is 1. The highest BCUT2D eigenvalue weighted by Crippen LogP contribution is 1.89. The molecule has 0 saturated carbocycles. The normalized spacial score (nSPS) is 10.2. The third-order valence-corrected chi connectivity index (χ3v) is 2.05. The third kappa shape index (κ3) is 5.17. The molecule has 84 valence electrons. The van der Waals surface area contributed by atoms with Crippen LogP contribution in [-0.2, 0) is 11.3 Å². The number of rotatable bonds is 7. The van der Waals surface area contributed by atoms with Crippen LogP contribution in [0.3, 0.4) is 0 Å². The number of nitrogens with one attached hydrogen (secondary N) is 2. The second-order valence-corrected chi connectivity index (χ2v) is 3.33. The fourth-order valence-electron chi connectivity index (χ4n) is 1.23. The summed E-state index contributed by atoms with van der Waals surface area (Å²) in [6.07, 6.45) is 5.02. The molecule has 1 rings (SSSR count). The Morgan fingerprint density at radius 3 is 3.00 bits per heavy atom. The van der Waals surface area contributed by atoms with Crippen LogP contribution in [0, 0.1) is 0 Å². The molecule has 1 amide bonds. The molecule has 1 aromatic rings. The Balaban J connectivity index is 2.04. The van der Waals surface area contributed by atoms with Crippen molar-refractivity contribution in [2.45, 2.75) is 19.4 Å². The quantitative estimate of drug-likeness (QED) is 0.623. The van der Waals surface area contributed by atoms with Crippen molar-refractivity contribution >= 4 is 5.91 Å². The number of aryl methyl sites for hydroxylation is 1. The van der Waals surface area contributed by atoms with E-state index in [0.717, 1.165) is 19.5 Å². The molecule has 1 heterocycles. The van der Waals surface area contributed by atoms with Gasteiger partial charge in [0.25, 0.3) is 0 Å². The van der Waals surface area contributed by atoms with Crippen molar-refractivity contribution in [2.24, 2.45) is 0 Å². The zero-order valence-corrected chi connectivity index (χ0v) is 9.07. The predicted molar refractivity (Wildman–Crippen MR) is 58.4 cm³/mol. The zero-order chi connectivity index (χ0) is 10.9. The van der Waals surface area contributed by atoms with Crippen LogP contribution >= 0.6 is 0 Å². The number of amides is 1. The third-order valence-electron chi connectivity index (χ3n) is 2.05. The molecule has 0 unspecified atom stereocenters. The molecule has 15 heavy (non-hydrogen) atoms. The molecular weight excluding hydrogens is 192 g/mol. The van der Waals surface area contributed by atoms with E-state index in [1.165, 1.54) is 0 Å². The van der Waals surface area contributed by atoms with E-state index < -0.39 is 0 Å². The number of aromatic nitrogens is 2. The van der Waals surface area contributed by atoms with E-state index in [1.54, 1.807) is 10.9 Å². The standard InChI is InChI=1S/C10H18N4O/c1-11-5-2-6-12-10(15)4-9-14-8-3-7-13-14/h3,7-8,11H,2,4-6,9H2,1H3,(H,12,15). The molecule has 0 bridgehead atoms. The highest BCUT2D eigenvalue weighted by atomic mass is 16.1. The Hall–Kier alpha value is -1.36. The SMILES string of the molecule is CNCCCNC(=O)CCn1cccn1. The summed E-state index contributed by atoms with van der Waals surface area (Å²) in [6, 6.07) is 1.85. The van der Waals surface area contributed by atoms with Crippen molar-refractivity contribution in [1.82, 2.24) is 20.4 Å². The van der Waals surface area contributed by atoms with E-state index in [2.05, 4.69) is 15.7 Å². The topological polar surface area (TPSA) is 58.9 Å². The summed E-state index contributed by atoms with van der Waals surface area (Å²) in [6.45, 7) is 2.31. The van der Waals surface area contributed by atoms with Crippen LogP contribution in [0.5, 0.6) is 0 Å². The fourth-order valence-corrected chi connectivity index (χ4v) is 1.23. The highest BCUT2D eigenvalue weighted by molar-refractivity contribution is 5.75. The van der Waals surface area contributed by atoms with Crippen LogP contribution in [0.15, 0.2) is 18.5 Å². The van der Waals surface area contributed by atoms with Crippen molar-refractivity contribution in [1.29, 1.82) is 0 Å². The van der Waals surface area contributed by atoms with E-state index in [4.69, 9.17) is 0 Å². The van der Waals surface area contributed by atoms with E-state index in [-0.39, 0.29) is 5.91 Å². The summed E-state index contributed by atoms with van der Waals surface area (Å²) >= 11 is 0. The van der Waals surface area contributed by atoms with Gasteiger partial charge in [0.05, 0.1) is 0 Å². The van der Waals surface area contributed by atoms with Gasteiger partial charge >= 0.3 is 0 Å². The van der Waals surface area contributed by atoms with Crippen LogP contribution in [0.2, 0.25) is 0 Å². The summed E-state index contributed by atoms with van der Waals surface area (Å²) in [5.74, 6) is 0.0848. The van der Waals surface area contributed by atoms with Crippen LogP contribution in [0.1, 0.15) is 12.8 Å². The van der Waals surface area contributed by atoms with Gasteiger partial charge in [-0.3, -0.25) is 9.48 Å². The molecule has 0 fully saturated rings.